The molecule has 0 saturated carbocycles. The fraction of sp³-hybridized carbons (Fsp3) is 0.381. The van der Waals surface area contributed by atoms with Gasteiger partial charge in [0.2, 0.25) is 5.91 Å². The maximum absolute atomic E-state index is 12.6. The lowest BCUT2D eigenvalue weighted by Crippen LogP contribution is -2.40. The molecule has 3 rings (SSSR count). The number of hydrogen-bond acceptors (Lipinski definition) is 4. The Morgan fingerprint density at radius 2 is 1.96 bits per heavy atom. The summed E-state index contributed by atoms with van der Waals surface area (Å²) in [5, 5.41) is 3.03. The molecule has 6 heteroatoms. The highest BCUT2D eigenvalue weighted by molar-refractivity contribution is 9.10. The number of nitrogens with one attached hydrogen (secondary N) is 1. The predicted octanol–water partition coefficient (Wildman–Crippen LogP) is 4.32. The molecule has 144 valence electrons. The van der Waals surface area contributed by atoms with Gasteiger partial charge in [-0.1, -0.05) is 24.3 Å². The fourth-order valence-corrected chi connectivity index (χ4v) is 4.09. The molecule has 5 nitrogen and oxygen atoms in total. The van der Waals surface area contributed by atoms with Crippen LogP contribution in [0.3, 0.4) is 0 Å². The number of hydrogen-bond donors (Lipinski definition) is 1. The molecule has 0 aromatic heterocycles. The molecule has 27 heavy (non-hydrogen) atoms. The molecule has 0 radical (unpaired) electrons. The van der Waals surface area contributed by atoms with E-state index < -0.39 is 0 Å². The van der Waals surface area contributed by atoms with E-state index in [1.54, 1.807) is 14.2 Å². The summed E-state index contributed by atoms with van der Waals surface area (Å²) in [6.45, 7) is 2.49. The lowest BCUT2D eigenvalue weighted by atomic mass is 9.96. The minimum Gasteiger partial charge on any atom is -0.493 e. The van der Waals surface area contributed by atoms with Crippen LogP contribution < -0.4 is 14.8 Å². The first-order valence-electron chi connectivity index (χ1n) is 9.10. The van der Waals surface area contributed by atoms with Crippen LogP contribution in [0.15, 0.2) is 46.9 Å². The van der Waals surface area contributed by atoms with Crippen LogP contribution in [-0.2, 0) is 11.3 Å². The number of halogens is 1. The molecule has 1 heterocycles. The molecule has 1 saturated heterocycles. The number of piperidine rings is 1. The molecule has 1 aliphatic heterocycles. The summed E-state index contributed by atoms with van der Waals surface area (Å²) < 4.78 is 11.7. The Kier molecular flexibility index (Phi) is 6.74. The standard InChI is InChI=1S/C21H25BrN2O3/c1-26-18-11-10-15(19(22)20(18)27-2)13-24-12-6-7-16(14-24)21(25)23-17-8-4-3-5-9-17/h3-5,8-11,16H,6-7,12-14H2,1-2H3,(H,23,25)/t16-/m0/s1. The van der Waals surface area contributed by atoms with E-state index in [9.17, 15) is 4.79 Å². The van der Waals surface area contributed by atoms with Crippen LogP contribution in [0.5, 0.6) is 11.5 Å². The summed E-state index contributed by atoms with van der Waals surface area (Å²) in [4.78, 5) is 15.0. The molecule has 0 aliphatic carbocycles. The average molecular weight is 433 g/mol. The predicted molar refractivity (Wildman–Crippen MR) is 110 cm³/mol. The van der Waals surface area contributed by atoms with Gasteiger partial charge in [0.15, 0.2) is 11.5 Å². The van der Waals surface area contributed by atoms with Gasteiger partial charge in [-0.3, -0.25) is 9.69 Å². The molecule has 0 bridgehead atoms. The molecule has 1 fully saturated rings. The van der Waals surface area contributed by atoms with E-state index >= 15 is 0 Å². The van der Waals surface area contributed by atoms with E-state index in [1.165, 1.54) is 0 Å². The number of methoxy groups -OCH3 is 2. The Hall–Kier alpha value is -2.05. The van der Waals surface area contributed by atoms with Gasteiger partial charge in [-0.05, 0) is 59.1 Å². The normalized spacial score (nSPS) is 17.4. The van der Waals surface area contributed by atoms with Gasteiger partial charge in [0.1, 0.15) is 0 Å². The Balaban J connectivity index is 1.66. The van der Waals surface area contributed by atoms with Crippen LogP contribution in [0.25, 0.3) is 0 Å². The quantitative estimate of drug-likeness (QED) is 0.738. The van der Waals surface area contributed by atoms with Crippen molar-refractivity contribution in [2.45, 2.75) is 19.4 Å². The number of rotatable bonds is 6. The Labute approximate surface area is 168 Å². The summed E-state index contributed by atoms with van der Waals surface area (Å²) in [5.41, 5.74) is 1.97. The lowest BCUT2D eigenvalue weighted by Gasteiger charge is -2.32. The molecule has 1 atom stereocenters. The van der Waals surface area contributed by atoms with Gasteiger partial charge in [-0.2, -0.15) is 0 Å². The van der Waals surface area contributed by atoms with Crippen LogP contribution in [0.4, 0.5) is 5.69 Å². The summed E-state index contributed by atoms with van der Waals surface area (Å²) in [6.07, 6.45) is 1.93. The summed E-state index contributed by atoms with van der Waals surface area (Å²) in [7, 11) is 3.27. The number of nitrogens with zero attached hydrogens (tertiary/aromatic N) is 1. The number of benzene rings is 2. The maximum atomic E-state index is 12.6. The fourth-order valence-electron chi connectivity index (χ4n) is 3.47. The zero-order valence-corrected chi connectivity index (χ0v) is 17.3. The second-order valence-corrected chi connectivity index (χ2v) is 7.50. The first-order valence-corrected chi connectivity index (χ1v) is 9.89. The number of anilines is 1. The van der Waals surface area contributed by atoms with E-state index in [4.69, 9.17) is 9.47 Å². The van der Waals surface area contributed by atoms with Crippen molar-refractivity contribution in [1.29, 1.82) is 0 Å². The van der Waals surface area contributed by atoms with E-state index in [2.05, 4.69) is 26.1 Å². The van der Waals surface area contributed by atoms with Gasteiger partial charge < -0.3 is 14.8 Å². The minimum absolute atomic E-state index is 0.00197. The summed E-state index contributed by atoms with van der Waals surface area (Å²) in [6, 6.07) is 13.6. The van der Waals surface area contributed by atoms with E-state index in [0.29, 0.717) is 11.5 Å². The van der Waals surface area contributed by atoms with Crippen LogP contribution >= 0.6 is 15.9 Å². The van der Waals surface area contributed by atoms with Crippen molar-refractivity contribution in [3.8, 4) is 11.5 Å². The van der Waals surface area contributed by atoms with Gasteiger partial charge >= 0.3 is 0 Å². The minimum atomic E-state index is -0.00197. The van der Waals surface area contributed by atoms with Crippen LogP contribution in [0.1, 0.15) is 18.4 Å². The number of ether oxygens (including phenoxy) is 2. The third-order valence-electron chi connectivity index (χ3n) is 4.88. The molecular weight excluding hydrogens is 408 g/mol. The van der Waals surface area contributed by atoms with Gasteiger partial charge in [0.25, 0.3) is 0 Å². The second kappa shape index (κ2) is 9.24. The largest absolute Gasteiger partial charge is 0.493 e. The Morgan fingerprint density at radius 1 is 1.19 bits per heavy atom. The first kappa shape index (κ1) is 19.7. The number of likely N-dealkylation sites (tertiary alicyclic amines) is 1. The number of carbonyl (C=O) groups excluding carboxylic acids is 1. The number of para-hydroxylation sites is 1. The zero-order chi connectivity index (χ0) is 19.2. The van der Waals surface area contributed by atoms with Crippen molar-refractivity contribution in [2.75, 3.05) is 32.6 Å². The molecule has 1 amide bonds. The highest BCUT2D eigenvalue weighted by Crippen LogP contribution is 2.38. The molecule has 1 N–H and O–H groups in total. The summed E-state index contributed by atoms with van der Waals surface area (Å²) >= 11 is 3.64. The topological polar surface area (TPSA) is 50.8 Å². The van der Waals surface area contributed by atoms with Gasteiger partial charge in [-0.25, -0.2) is 0 Å². The van der Waals surface area contributed by atoms with E-state index in [1.807, 2.05) is 42.5 Å². The first-order chi connectivity index (χ1) is 13.1. The number of carbonyl (C=O) groups is 1. The third-order valence-corrected chi connectivity index (χ3v) is 5.75. The molecule has 2 aromatic rings. The number of amides is 1. The van der Waals surface area contributed by atoms with Crippen molar-refractivity contribution in [3.63, 3.8) is 0 Å². The zero-order valence-electron chi connectivity index (χ0n) is 15.7. The monoisotopic (exact) mass is 432 g/mol. The van der Waals surface area contributed by atoms with Gasteiger partial charge in [0.05, 0.1) is 24.6 Å². The highest BCUT2D eigenvalue weighted by Gasteiger charge is 2.26. The second-order valence-electron chi connectivity index (χ2n) is 6.70. The highest BCUT2D eigenvalue weighted by atomic mass is 79.9. The van der Waals surface area contributed by atoms with Crippen LogP contribution in [-0.4, -0.2) is 38.1 Å². The molecule has 1 aliphatic rings. The van der Waals surface area contributed by atoms with Crippen molar-refractivity contribution in [3.05, 3.63) is 52.5 Å². The third kappa shape index (κ3) is 4.82. The van der Waals surface area contributed by atoms with E-state index in [0.717, 1.165) is 48.2 Å². The van der Waals surface area contributed by atoms with E-state index in [-0.39, 0.29) is 11.8 Å². The molecule has 0 spiro atoms. The maximum Gasteiger partial charge on any atom is 0.228 e. The molecule has 0 unspecified atom stereocenters. The Morgan fingerprint density at radius 3 is 2.67 bits per heavy atom. The van der Waals surface area contributed by atoms with Gasteiger partial charge in [-0.15, -0.1) is 0 Å². The summed E-state index contributed by atoms with van der Waals surface area (Å²) in [5.74, 6) is 1.49. The lowest BCUT2D eigenvalue weighted by molar-refractivity contribution is -0.121. The van der Waals surface area contributed by atoms with Crippen LogP contribution in [0, 0.1) is 5.92 Å². The van der Waals surface area contributed by atoms with Crippen LogP contribution in [0.2, 0.25) is 0 Å². The Bertz CT molecular complexity index is 782. The van der Waals surface area contributed by atoms with Gasteiger partial charge in [0, 0.05) is 18.8 Å². The molecule has 2 aromatic carbocycles. The van der Waals surface area contributed by atoms with Crippen molar-refractivity contribution < 1.29 is 14.3 Å². The average Bonchev–Trinajstić information content (AvgIpc) is 2.70. The van der Waals surface area contributed by atoms with Crippen molar-refractivity contribution >= 4 is 27.5 Å². The SMILES string of the molecule is COc1ccc(CN2CCC[C@H](C(=O)Nc3ccccc3)C2)c(Br)c1OC. The van der Waals surface area contributed by atoms with Crippen molar-refractivity contribution in [1.82, 2.24) is 4.90 Å². The molecular formula is C21H25BrN2O3. The van der Waals surface area contributed by atoms with Crippen molar-refractivity contribution in [2.24, 2.45) is 5.92 Å². The smallest absolute Gasteiger partial charge is 0.228 e.